The molecule has 0 spiro atoms. The van der Waals surface area contributed by atoms with E-state index in [2.05, 4.69) is 0 Å². The SMILES string of the molecule is O=C(O)O.[O]=[Ta](=[O])[OH]. The van der Waals surface area contributed by atoms with Gasteiger partial charge in [-0.25, -0.2) is 4.79 Å². The summed E-state index contributed by atoms with van der Waals surface area (Å²) < 4.78 is 24.6. The molecule has 6 nitrogen and oxygen atoms in total. The van der Waals surface area contributed by atoms with Crippen LogP contribution < -0.4 is 0 Å². The first-order chi connectivity index (χ1) is 3.46. The van der Waals surface area contributed by atoms with E-state index in [1.54, 1.807) is 0 Å². The molecular formula is CH3O6Ta. The summed E-state index contributed by atoms with van der Waals surface area (Å²) in [5.74, 6) is 0. The standard InChI is InChI=1S/CH2O3.H2O.2O.Ta/c2-1(3)4;;;;/h(H2,2,3,4);1H2;;;/q;;;;+1/p-1. The molecule has 0 amide bonds. The second-order valence-corrected chi connectivity index (χ2v) is 2.23. The number of hydrogen-bond donors (Lipinski definition) is 3. The third-order valence-electron chi connectivity index (χ3n) is 0. The summed E-state index contributed by atoms with van der Waals surface area (Å²) >= 11 is -4.09. The Balaban J connectivity index is 0. The third-order valence-corrected chi connectivity index (χ3v) is 0. The molecule has 48 valence electrons. The van der Waals surface area contributed by atoms with Gasteiger partial charge in [0.15, 0.2) is 0 Å². The Morgan fingerprint density at radius 1 is 1.25 bits per heavy atom. The molecule has 8 heavy (non-hydrogen) atoms. The maximum absolute atomic E-state index is 8.73. The van der Waals surface area contributed by atoms with Gasteiger partial charge in [0.25, 0.3) is 0 Å². The molecule has 0 radical (unpaired) electrons. The second-order valence-electron chi connectivity index (χ2n) is 0.520. The zero-order chi connectivity index (χ0) is 7.15. The Labute approximate surface area is 50.7 Å². The summed E-state index contributed by atoms with van der Waals surface area (Å²) in [6.07, 6.45) is -1.83. The van der Waals surface area contributed by atoms with Crippen molar-refractivity contribution in [3.8, 4) is 0 Å². The van der Waals surface area contributed by atoms with E-state index in [1.165, 1.54) is 0 Å². The fourth-order valence-corrected chi connectivity index (χ4v) is 0. The molecule has 0 atom stereocenters. The fraction of sp³-hybridized carbons (Fsp3) is 0. The predicted octanol–water partition coefficient (Wildman–Crippen LogP) is -0.575. The van der Waals surface area contributed by atoms with Gasteiger partial charge >= 0.3 is 35.1 Å². The van der Waals surface area contributed by atoms with Gasteiger partial charge in [-0.2, -0.15) is 0 Å². The third kappa shape index (κ3) is 630. The average Bonchev–Trinajstić information content (AvgIpc) is 1.25. The number of rotatable bonds is 0. The first-order valence-electron chi connectivity index (χ1n) is 1.22. The van der Waals surface area contributed by atoms with Crippen molar-refractivity contribution in [3.63, 3.8) is 0 Å². The number of carbonyl (C=O) groups is 1. The molecule has 0 aromatic rings. The van der Waals surface area contributed by atoms with E-state index in [1.807, 2.05) is 0 Å². The quantitative estimate of drug-likeness (QED) is 0.551. The van der Waals surface area contributed by atoms with E-state index in [4.69, 9.17) is 25.1 Å². The summed E-state index contributed by atoms with van der Waals surface area (Å²) in [4.78, 5) is 8.56. The molecule has 0 bridgehead atoms. The van der Waals surface area contributed by atoms with Crippen molar-refractivity contribution < 1.29 is 43.9 Å². The number of carboxylic acid groups (broad SMARTS) is 2. The van der Waals surface area contributed by atoms with E-state index in [-0.39, 0.29) is 0 Å². The molecule has 0 aliphatic heterocycles. The van der Waals surface area contributed by atoms with Crippen LogP contribution >= 0.6 is 0 Å². The van der Waals surface area contributed by atoms with Gasteiger partial charge in [0.2, 0.25) is 0 Å². The second kappa shape index (κ2) is 6.57. The maximum atomic E-state index is 8.73. The van der Waals surface area contributed by atoms with E-state index >= 15 is 0 Å². The first-order valence-corrected chi connectivity index (χ1v) is 5.28. The monoisotopic (exact) mass is 292 g/mol. The van der Waals surface area contributed by atoms with Crippen molar-refractivity contribution in [3.05, 3.63) is 0 Å². The van der Waals surface area contributed by atoms with Gasteiger partial charge < -0.3 is 10.2 Å². The Hall–Kier alpha value is -0.430. The molecule has 0 saturated heterocycles. The van der Waals surface area contributed by atoms with Gasteiger partial charge in [0, 0.05) is 0 Å². The van der Waals surface area contributed by atoms with Crippen LogP contribution in [-0.4, -0.2) is 20.0 Å². The molecule has 0 aliphatic carbocycles. The van der Waals surface area contributed by atoms with E-state index in [9.17, 15) is 0 Å². The minimum absolute atomic E-state index is 1.83. The fourth-order valence-electron chi connectivity index (χ4n) is 0. The zero-order valence-electron chi connectivity index (χ0n) is 3.51. The molecule has 0 aromatic carbocycles. The van der Waals surface area contributed by atoms with E-state index in [0.29, 0.717) is 0 Å². The van der Waals surface area contributed by atoms with Gasteiger partial charge in [0.05, 0.1) is 0 Å². The van der Waals surface area contributed by atoms with Gasteiger partial charge in [-0.3, -0.25) is 0 Å². The van der Waals surface area contributed by atoms with E-state index in [0.717, 1.165) is 0 Å². The molecule has 0 heterocycles. The Bertz CT molecular complexity index is 110. The molecule has 0 aromatic heterocycles. The van der Waals surface area contributed by atoms with Crippen molar-refractivity contribution in [2.75, 3.05) is 0 Å². The summed E-state index contributed by atoms with van der Waals surface area (Å²) in [6.45, 7) is 0. The molecule has 0 aliphatic rings. The zero-order valence-corrected chi connectivity index (χ0v) is 6.73. The van der Waals surface area contributed by atoms with Crippen molar-refractivity contribution in [2.24, 2.45) is 0 Å². The molecular weight excluding hydrogens is 289 g/mol. The van der Waals surface area contributed by atoms with Crippen molar-refractivity contribution in [2.45, 2.75) is 0 Å². The molecule has 0 fully saturated rings. The minimum atomic E-state index is -4.09. The van der Waals surface area contributed by atoms with Crippen LogP contribution in [0.2, 0.25) is 0 Å². The van der Waals surface area contributed by atoms with Gasteiger partial charge in [-0.05, 0) is 0 Å². The molecule has 3 N–H and O–H groups in total. The Kier molecular flexibility index (Phi) is 8.65. The first kappa shape index (κ1) is 10.5. The normalized spacial score (nSPS) is 6.12. The topological polar surface area (TPSA) is 112 Å². The van der Waals surface area contributed by atoms with E-state index < -0.39 is 24.9 Å². The predicted molar refractivity (Wildman–Crippen MR) is 14.2 cm³/mol. The van der Waals surface area contributed by atoms with Gasteiger partial charge in [0.1, 0.15) is 0 Å². The summed E-state index contributed by atoms with van der Waals surface area (Å²) in [6, 6.07) is 0. The number of hydrogen-bond acceptors (Lipinski definition) is 3. The van der Waals surface area contributed by atoms with Crippen molar-refractivity contribution in [1.82, 2.24) is 0 Å². The van der Waals surface area contributed by atoms with Crippen LogP contribution in [-0.2, 0) is 25.3 Å². The van der Waals surface area contributed by atoms with Crippen LogP contribution in [0.4, 0.5) is 4.79 Å². The average molecular weight is 292 g/mol. The van der Waals surface area contributed by atoms with Crippen LogP contribution in [0.1, 0.15) is 0 Å². The summed E-state index contributed by atoms with van der Waals surface area (Å²) in [7, 11) is 0. The van der Waals surface area contributed by atoms with Gasteiger partial charge in [-0.1, -0.05) is 0 Å². The van der Waals surface area contributed by atoms with Crippen LogP contribution in [0, 0.1) is 0 Å². The van der Waals surface area contributed by atoms with Crippen molar-refractivity contribution in [1.29, 1.82) is 0 Å². The molecule has 7 heteroatoms. The molecule has 0 saturated carbocycles. The molecule has 0 rings (SSSR count). The Morgan fingerprint density at radius 3 is 1.25 bits per heavy atom. The van der Waals surface area contributed by atoms with Crippen LogP contribution in [0.25, 0.3) is 0 Å². The summed E-state index contributed by atoms with van der Waals surface area (Å²) in [5.41, 5.74) is 0. The Morgan fingerprint density at radius 2 is 1.25 bits per heavy atom. The van der Waals surface area contributed by atoms with Crippen LogP contribution in [0.5, 0.6) is 0 Å². The summed E-state index contributed by atoms with van der Waals surface area (Å²) in [5, 5.41) is 13.9. The van der Waals surface area contributed by atoms with Gasteiger partial charge in [-0.15, -0.1) is 0 Å². The van der Waals surface area contributed by atoms with Crippen molar-refractivity contribution >= 4 is 6.16 Å². The van der Waals surface area contributed by atoms with Crippen LogP contribution in [0.15, 0.2) is 0 Å². The van der Waals surface area contributed by atoms with Crippen LogP contribution in [0.3, 0.4) is 0 Å². The molecule has 0 unspecified atom stereocenters.